The lowest BCUT2D eigenvalue weighted by Gasteiger charge is -2.35. The van der Waals surface area contributed by atoms with Crippen molar-refractivity contribution >= 4 is 39.6 Å². The number of thiophene rings is 1. The predicted octanol–water partition coefficient (Wildman–Crippen LogP) is 4.23. The van der Waals surface area contributed by atoms with Crippen LogP contribution < -0.4 is 9.80 Å². The molecule has 1 aromatic carbocycles. The topological polar surface area (TPSA) is 84.3 Å². The van der Waals surface area contributed by atoms with E-state index in [4.69, 9.17) is 9.72 Å². The minimum atomic E-state index is -0.403. The molecule has 0 spiro atoms. The van der Waals surface area contributed by atoms with Crippen molar-refractivity contribution in [3.63, 3.8) is 0 Å². The molecule has 0 aliphatic carbocycles. The summed E-state index contributed by atoms with van der Waals surface area (Å²) in [6.45, 7) is 5.01. The molecule has 3 aromatic heterocycles. The number of aromatic nitrogens is 4. The van der Waals surface area contributed by atoms with Crippen molar-refractivity contribution < 1.29 is 9.53 Å². The second-order valence-corrected chi connectivity index (χ2v) is 9.26. The second-order valence-electron chi connectivity index (χ2n) is 7.36. The number of esters is 1. The molecule has 0 N–H and O–H groups in total. The number of piperazine rings is 1. The highest BCUT2D eigenvalue weighted by molar-refractivity contribution is 7.22. The number of hydrogen-bond donors (Lipinski definition) is 0. The van der Waals surface area contributed by atoms with Crippen molar-refractivity contribution in [3.8, 4) is 21.3 Å². The van der Waals surface area contributed by atoms with E-state index in [-0.39, 0.29) is 0 Å². The third-order valence-electron chi connectivity index (χ3n) is 5.29. The lowest BCUT2D eigenvalue weighted by atomic mass is 10.2. The SMILES string of the molecule is CCOC(=O)c1cnc(-c2ccccc2)nc1N1CCN(c2nnc(-c3cccs3)s2)CC1. The molecule has 0 atom stereocenters. The Kier molecular flexibility index (Phi) is 6.27. The van der Waals surface area contributed by atoms with Crippen LogP contribution in [0.1, 0.15) is 17.3 Å². The lowest BCUT2D eigenvalue weighted by Crippen LogP contribution is -2.47. The smallest absolute Gasteiger partial charge is 0.343 e. The van der Waals surface area contributed by atoms with Gasteiger partial charge in [-0.25, -0.2) is 14.8 Å². The number of carbonyl (C=O) groups is 1. The predicted molar refractivity (Wildman–Crippen MR) is 131 cm³/mol. The molecule has 0 saturated carbocycles. The Morgan fingerprint density at radius 1 is 1.03 bits per heavy atom. The van der Waals surface area contributed by atoms with Crippen LogP contribution in [0.4, 0.5) is 10.9 Å². The standard InChI is InChI=1S/C23H22N6O2S2/c1-2-31-22(30)17-15-24-19(16-7-4-3-5-8-16)25-20(17)28-10-12-29(13-11-28)23-27-26-21(33-23)18-9-6-14-32-18/h3-9,14-15H,2,10-13H2,1H3. The van der Waals surface area contributed by atoms with E-state index in [2.05, 4.69) is 31.0 Å². The van der Waals surface area contributed by atoms with E-state index in [1.807, 2.05) is 41.8 Å². The van der Waals surface area contributed by atoms with Crippen molar-refractivity contribution in [2.45, 2.75) is 6.92 Å². The number of hydrogen-bond acceptors (Lipinski definition) is 10. The summed E-state index contributed by atoms with van der Waals surface area (Å²) in [6.07, 6.45) is 1.58. The maximum absolute atomic E-state index is 12.6. The van der Waals surface area contributed by atoms with E-state index in [0.29, 0.717) is 36.9 Å². The summed E-state index contributed by atoms with van der Waals surface area (Å²) in [7, 11) is 0. The number of ether oxygens (including phenoxy) is 1. The van der Waals surface area contributed by atoms with Crippen LogP contribution in [0.25, 0.3) is 21.3 Å². The van der Waals surface area contributed by atoms with Gasteiger partial charge in [-0.1, -0.05) is 47.7 Å². The van der Waals surface area contributed by atoms with E-state index in [1.54, 1.807) is 35.8 Å². The van der Waals surface area contributed by atoms with Crippen molar-refractivity contribution in [2.75, 3.05) is 42.6 Å². The number of benzene rings is 1. The number of nitrogens with zero attached hydrogens (tertiary/aromatic N) is 6. The summed E-state index contributed by atoms with van der Waals surface area (Å²) in [5.74, 6) is 0.795. The summed E-state index contributed by atoms with van der Waals surface area (Å²) in [5, 5.41) is 12.7. The number of anilines is 2. The molecule has 1 fully saturated rings. The molecule has 0 bridgehead atoms. The summed E-state index contributed by atoms with van der Waals surface area (Å²) < 4.78 is 5.26. The number of carbonyl (C=O) groups excluding carboxylic acids is 1. The van der Waals surface area contributed by atoms with Gasteiger partial charge < -0.3 is 14.5 Å². The molecule has 4 aromatic rings. The Labute approximate surface area is 199 Å². The molecule has 33 heavy (non-hydrogen) atoms. The van der Waals surface area contributed by atoms with Gasteiger partial charge in [0.2, 0.25) is 5.13 Å². The zero-order valence-corrected chi connectivity index (χ0v) is 19.7. The van der Waals surface area contributed by atoms with E-state index in [1.165, 1.54) is 0 Å². The van der Waals surface area contributed by atoms with Gasteiger partial charge in [0.15, 0.2) is 10.8 Å². The molecule has 0 radical (unpaired) electrons. The Balaban J connectivity index is 1.37. The van der Waals surface area contributed by atoms with Crippen LogP contribution in [-0.4, -0.2) is 58.9 Å². The molecule has 168 valence electrons. The van der Waals surface area contributed by atoms with Crippen LogP contribution in [0.15, 0.2) is 54.0 Å². The van der Waals surface area contributed by atoms with Crippen molar-refractivity contribution in [2.24, 2.45) is 0 Å². The highest BCUT2D eigenvalue weighted by Crippen LogP contribution is 2.32. The van der Waals surface area contributed by atoms with Crippen LogP contribution in [0.5, 0.6) is 0 Å². The second kappa shape index (κ2) is 9.63. The van der Waals surface area contributed by atoms with Crippen LogP contribution >= 0.6 is 22.7 Å². The molecule has 4 heterocycles. The van der Waals surface area contributed by atoms with Crippen LogP contribution in [0.3, 0.4) is 0 Å². The fourth-order valence-corrected chi connectivity index (χ4v) is 5.33. The van der Waals surface area contributed by atoms with Crippen LogP contribution in [-0.2, 0) is 4.74 Å². The fourth-order valence-electron chi connectivity index (χ4n) is 3.65. The minimum absolute atomic E-state index is 0.302. The average molecular weight is 479 g/mol. The van der Waals surface area contributed by atoms with Gasteiger partial charge in [-0.05, 0) is 18.4 Å². The van der Waals surface area contributed by atoms with E-state index >= 15 is 0 Å². The van der Waals surface area contributed by atoms with Crippen molar-refractivity contribution in [1.82, 2.24) is 20.2 Å². The quantitative estimate of drug-likeness (QED) is 0.381. The van der Waals surface area contributed by atoms with Crippen LogP contribution in [0.2, 0.25) is 0 Å². The van der Waals surface area contributed by atoms with Gasteiger partial charge in [0.1, 0.15) is 11.4 Å². The summed E-state index contributed by atoms with van der Waals surface area (Å²) in [4.78, 5) is 27.3. The van der Waals surface area contributed by atoms with Gasteiger partial charge in [-0.3, -0.25) is 0 Å². The Bertz CT molecular complexity index is 1220. The zero-order valence-electron chi connectivity index (χ0n) is 18.0. The van der Waals surface area contributed by atoms with Crippen LogP contribution in [0, 0.1) is 0 Å². The molecule has 5 rings (SSSR count). The molecule has 1 aliphatic heterocycles. The molecular formula is C23H22N6O2S2. The first-order chi connectivity index (χ1) is 16.2. The largest absolute Gasteiger partial charge is 0.462 e. The fraction of sp³-hybridized carbons (Fsp3) is 0.261. The highest BCUT2D eigenvalue weighted by atomic mass is 32.1. The third-order valence-corrected chi connectivity index (χ3v) is 7.32. The zero-order chi connectivity index (χ0) is 22.6. The molecule has 0 unspecified atom stereocenters. The molecule has 0 amide bonds. The lowest BCUT2D eigenvalue weighted by molar-refractivity contribution is 0.0526. The van der Waals surface area contributed by atoms with Gasteiger partial charge in [-0.15, -0.1) is 21.5 Å². The minimum Gasteiger partial charge on any atom is -0.462 e. The molecular weight excluding hydrogens is 456 g/mol. The first-order valence-electron chi connectivity index (χ1n) is 10.7. The summed E-state index contributed by atoms with van der Waals surface area (Å²) in [5.41, 5.74) is 1.30. The first kappa shape index (κ1) is 21.5. The number of rotatable bonds is 6. The van der Waals surface area contributed by atoms with Gasteiger partial charge in [0.25, 0.3) is 0 Å². The monoisotopic (exact) mass is 478 g/mol. The van der Waals surface area contributed by atoms with Gasteiger partial charge in [0, 0.05) is 37.9 Å². The molecule has 8 nitrogen and oxygen atoms in total. The summed E-state index contributed by atoms with van der Waals surface area (Å²) >= 11 is 3.27. The highest BCUT2D eigenvalue weighted by Gasteiger charge is 2.26. The maximum Gasteiger partial charge on any atom is 0.343 e. The van der Waals surface area contributed by atoms with Crippen molar-refractivity contribution in [3.05, 3.63) is 59.6 Å². The molecule has 1 saturated heterocycles. The average Bonchev–Trinajstić information content (AvgIpc) is 3.57. The first-order valence-corrected chi connectivity index (χ1v) is 12.4. The maximum atomic E-state index is 12.6. The third kappa shape index (κ3) is 4.57. The van der Waals surface area contributed by atoms with Gasteiger partial charge in [0.05, 0.1) is 11.5 Å². The van der Waals surface area contributed by atoms with Crippen molar-refractivity contribution in [1.29, 1.82) is 0 Å². The Morgan fingerprint density at radius 3 is 2.55 bits per heavy atom. The van der Waals surface area contributed by atoms with Gasteiger partial charge in [-0.2, -0.15) is 0 Å². The Morgan fingerprint density at radius 2 is 1.82 bits per heavy atom. The van der Waals surface area contributed by atoms with E-state index in [0.717, 1.165) is 33.7 Å². The van der Waals surface area contributed by atoms with E-state index < -0.39 is 5.97 Å². The van der Waals surface area contributed by atoms with Gasteiger partial charge >= 0.3 is 5.97 Å². The summed E-state index contributed by atoms with van der Waals surface area (Å²) in [6, 6.07) is 13.8. The normalized spacial score (nSPS) is 13.8. The molecule has 10 heteroatoms. The van der Waals surface area contributed by atoms with E-state index in [9.17, 15) is 4.79 Å². The molecule has 1 aliphatic rings. The Hall–Kier alpha value is -3.37.